The monoisotopic (exact) mass is 230 g/mol. The second-order valence-corrected chi connectivity index (χ2v) is 4.16. The summed E-state index contributed by atoms with van der Waals surface area (Å²) in [5.41, 5.74) is 0. The molecule has 3 N–H and O–H groups in total. The summed E-state index contributed by atoms with van der Waals surface area (Å²) in [6, 6.07) is 0. The minimum Gasteiger partial charge on any atom is -0.391 e. The van der Waals surface area contributed by atoms with Crippen molar-refractivity contribution >= 4 is 5.91 Å². The van der Waals surface area contributed by atoms with Gasteiger partial charge >= 0.3 is 0 Å². The van der Waals surface area contributed by atoms with Crippen molar-refractivity contribution in [2.45, 2.75) is 45.6 Å². The molecule has 0 saturated heterocycles. The zero-order valence-corrected chi connectivity index (χ0v) is 10.8. The van der Waals surface area contributed by atoms with E-state index in [1.807, 2.05) is 7.05 Å². The van der Waals surface area contributed by atoms with Crippen molar-refractivity contribution in [2.75, 3.05) is 20.1 Å². The summed E-state index contributed by atoms with van der Waals surface area (Å²) >= 11 is 0. The smallest absolute Gasteiger partial charge is 0.220 e. The molecule has 0 aromatic carbocycles. The summed E-state index contributed by atoms with van der Waals surface area (Å²) in [6.45, 7) is 5.35. The summed E-state index contributed by atoms with van der Waals surface area (Å²) in [6.07, 6.45) is 2.85. The third-order valence-electron chi connectivity index (χ3n) is 2.93. The molecule has 0 rings (SSSR count). The number of hydrogen-bond donors (Lipinski definition) is 3. The highest BCUT2D eigenvalue weighted by molar-refractivity contribution is 5.75. The third kappa shape index (κ3) is 6.80. The Kier molecular flexibility index (Phi) is 9.24. The van der Waals surface area contributed by atoms with Gasteiger partial charge < -0.3 is 15.7 Å². The van der Waals surface area contributed by atoms with Crippen molar-refractivity contribution in [3.63, 3.8) is 0 Å². The number of aliphatic hydroxyl groups is 1. The van der Waals surface area contributed by atoms with Crippen LogP contribution in [0.15, 0.2) is 0 Å². The van der Waals surface area contributed by atoms with Gasteiger partial charge in [0.2, 0.25) is 5.91 Å². The first-order valence-electron chi connectivity index (χ1n) is 6.25. The van der Waals surface area contributed by atoms with Crippen molar-refractivity contribution in [3.05, 3.63) is 0 Å². The first kappa shape index (κ1) is 15.4. The van der Waals surface area contributed by atoms with E-state index in [9.17, 15) is 9.90 Å². The van der Waals surface area contributed by atoms with Gasteiger partial charge in [-0.15, -0.1) is 0 Å². The van der Waals surface area contributed by atoms with E-state index in [-0.39, 0.29) is 11.8 Å². The average Bonchev–Trinajstić information content (AvgIpc) is 2.28. The van der Waals surface area contributed by atoms with Gasteiger partial charge in [0.15, 0.2) is 0 Å². The van der Waals surface area contributed by atoms with Gasteiger partial charge in [-0.25, -0.2) is 0 Å². The minimum atomic E-state index is -0.414. The maximum Gasteiger partial charge on any atom is 0.220 e. The predicted molar refractivity (Wildman–Crippen MR) is 66.2 cm³/mol. The van der Waals surface area contributed by atoms with Gasteiger partial charge in [-0.2, -0.15) is 0 Å². The van der Waals surface area contributed by atoms with Gasteiger partial charge in [0.1, 0.15) is 0 Å². The number of amides is 1. The van der Waals surface area contributed by atoms with Crippen LogP contribution in [0.3, 0.4) is 0 Å². The quantitative estimate of drug-likeness (QED) is 0.516. The fourth-order valence-electron chi connectivity index (χ4n) is 1.73. The summed E-state index contributed by atoms with van der Waals surface area (Å²) < 4.78 is 0. The fraction of sp³-hybridized carbons (Fsp3) is 0.917. The van der Waals surface area contributed by atoms with Gasteiger partial charge in [-0.3, -0.25) is 4.79 Å². The Bertz CT molecular complexity index is 182. The molecule has 0 aromatic heterocycles. The van der Waals surface area contributed by atoms with Crippen molar-refractivity contribution in [1.82, 2.24) is 10.6 Å². The number of carbonyl (C=O) groups is 1. The van der Waals surface area contributed by atoms with Gasteiger partial charge in [0, 0.05) is 13.0 Å². The number of carbonyl (C=O) groups excluding carboxylic acids is 1. The van der Waals surface area contributed by atoms with E-state index < -0.39 is 6.10 Å². The van der Waals surface area contributed by atoms with E-state index in [2.05, 4.69) is 24.5 Å². The Morgan fingerprint density at radius 3 is 2.44 bits per heavy atom. The number of nitrogens with one attached hydrogen (secondary N) is 2. The molecule has 0 heterocycles. The highest BCUT2D eigenvalue weighted by Gasteiger charge is 2.15. The van der Waals surface area contributed by atoms with Crippen LogP contribution in [0.4, 0.5) is 0 Å². The summed E-state index contributed by atoms with van der Waals surface area (Å²) in [5, 5.41) is 15.6. The predicted octanol–water partition coefficient (Wildman–Crippen LogP) is 0.899. The van der Waals surface area contributed by atoms with E-state index in [1.165, 1.54) is 0 Å². The molecule has 0 fully saturated rings. The van der Waals surface area contributed by atoms with Crippen LogP contribution in [-0.4, -0.2) is 37.3 Å². The molecule has 0 bridgehead atoms. The number of rotatable bonds is 9. The van der Waals surface area contributed by atoms with Crippen molar-refractivity contribution in [1.29, 1.82) is 0 Å². The lowest BCUT2D eigenvalue weighted by molar-refractivity contribution is -0.121. The number of aliphatic hydroxyl groups excluding tert-OH is 1. The maximum atomic E-state index is 11.4. The first-order chi connectivity index (χ1) is 7.65. The fourth-order valence-corrected chi connectivity index (χ4v) is 1.73. The molecule has 0 spiro atoms. The lowest BCUT2D eigenvalue weighted by Gasteiger charge is -2.20. The van der Waals surface area contributed by atoms with Crippen LogP contribution in [0.2, 0.25) is 0 Å². The molecule has 0 aliphatic carbocycles. The molecule has 1 amide bonds. The van der Waals surface area contributed by atoms with E-state index in [0.717, 1.165) is 25.8 Å². The van der Waals surface area contributed by atoms with Crippen LogP contribution < -0.4 is 10.6 Å². The average molecular weight is 230 g/mol. The molecule has 1 atom stereocenters. The van der Waals surface area contributed by atoms with Crippen LogP contribution in [0.5, 0.6) is 0 Å². The Morgan fingerprint density at radius 2 is 1.94 bits per heavy atom. The van der Waals surface area contributed by atoms with E-state index in [0.29, 0.717) is 13.0 Å². The Hall–Kier alpha value is -0.610. The molecular formula is C12H26N2O2. The molecule has 0 aliphatic heterocycles. The van der Waals surface area contributed by atoms with E-state index in [4.69, 9.17) is 0 Å². The van der Waals surface area contributed by atoms with Crippen LogP contribution in [-0.2, 0) is 4.79 Å². The molecule has 0 radical (unpaired) electrons. The van der Waals surface area contributed by atoms with Gasteiger partial charge in [-0.05, 0) is 25.9 Å². The molecule has 16 heavy (non-hydrogen) atoms. The summed E-state index contributed by atoms with van der Waals surface area (Å²) in [5.74, 6) is 0.317. The third-order valence-corrected chi connectivity index (χ3v) is 2.93. The van der Waals surface area contributed by atoms with Crippen molar-refractivity contribution in [3.8, 4) is 0 Å². The maximum absolute atomic E-state index is 11.4. The molecule has 1 unspecified atom stereocenters. The van der Waals surface area contributed by atoms with Crippen molar-refractivity contribution < 1.29 is 9.90 Å². The molecule has 0 aromatic rings. The highest BCUT2D eigenvalue weighted by Crippen LogP contribution is 2.12. The first-order valence-corrected chi connectivity index (χ1v) is 6.25. The SMILES string of the molecule is CCC(CC)C(O)CNC(=O)CCCNC. The van der Waals surface area contributed by atoms with Gasteiger partial charge in [-0.1, -0.05) is 26.7 Å². The lowest BCUT2D eigenvalue weighted by Crippen LogP contribution is -2.36. The zero-order chi connectivity index (χ0) is 12.4. The second-order valence-electron chi connectivity index (χ2n) is 4.16. The molecule has 0 saturated carbocycles. The normalized spacial score (nSPS) is 12.8. The van der Waals surface area contributed by atoms with Crippen LogP contribution in [0.25, 0.3) is 0 Å². The Balaban J connectivity index is 3.65. The Morgan fingerprint density at radius 1 is 1.31 bits per heavy atom. The van der Waals surface area contributed by atoms with E-state index >= 15 is 0 Å². The minimum absolute atomic E-state index is 0.0280. The highest BCUT2D eigenvalue weighted by atomic mass is 16.3. The Labute approximate surface area is 98.8 Å². The zero-order valence-electron chi connectivity index (χ0n) is 10.8. The van der Waals surface area contributed by atoms with Crippen molar-refractivity contribution in [2.24, 2.45) is 5.92 Å². The summed E-state index contributed by atoms with van der Waals surface area (Å²) in [7, 11) is 1.87. The second kappa shape index (κ2) is 9.60. The standard InChI is InChI=1S/C12H26N2O2/c1-4-10(5-2)11(15)9-14-12(16)7-6-8-13-3/h10-11,13,15H,4-9H2,1-3H3,(H,14,16). The van der Waals surface area contributed by atoms with Crippen LogP contribution in [0, 0.1) is 5.92 Å². The lowest BCUT2D eigenvalue weighted by atomic mass is 9.96. The van der Waals surface area contributed by atoms with Gasteiger partial charge in [0.05, 0.1) is 6.10 Å². The molecule has 0 aliphatic rings. The van der Waals surface area contributed by atoms with Crippen LogP contribution in [0.1, 0.15) is 39.5 Å². The van der Waals surface area contributed by atoms with E-state index in [1.54, 1.807) is 0 Å². The number of hydrogen-bond acceptors (Lipinski definition) is 3. The molecule has 4 heteroatoms. The molecule has 4 nitrogen and oxygen atoms in total. The topological polar surface area (TPSA) is 61.4 Å². The van der Waals surface area contributed by atoms with Crippen LogP contribution >= 0.6 is 0 Å². The molecule has 96 valence electrons. The molecular weight excluding hydrogens is 204 g/mol. The van der Waals surface area contributed by atoms with Gasteiger partial charge in [0.25, 0.3) is 0 Å². The largest absolute Gasteiger partial charge is 0.391 e. The summed E-state index contributed by atoms with van der Waals surface area (Å²) in [4.78, 5) is 11.4.